The van der Waals surface area contributed by atoms with Gasteiger partial charge in [0.2, 0.25) is 0 Å². The summed E-state index contributed by atoms with van der Waals surface area (Å²) < 4.78 is 0.814. The van der Waals surface area contributed by atoms with Gasteiger partial charge in [0.15, 0.2) is 0 Å². The van der Waals surface area contributed by atoms with Crippen LogP contribution in [0.3, 0.4) is 0 Å². The highest BCUT2D eigenvalue weighted by atomic mass is 79.9. The molecule has 13 heavy (non-hydrogen) atoms. The van der Waals surface area contributed by atoms with Gasteiger partial charge in [-0.15, -0.1) is 0 Å². The van der Waals surface area contributed by atoms with E-state index >= 15 is 0 Å². The molecular weight excluding hydrogens is 232 g/mol. The molecule has 0 heterocycles. The molecule has 1 aromatic carbocycles. The highest BCUT2D eigenvalue weighted by Gasteiger charge is 2.09. The van der Waals surface area contributed by atoms with Crippen molar-refractivity contribution >= 4 is 27.5 Å². The number of benzene rings is 1. The third kappa shape index (κ3) is 2.01. The molecule has 0 aliphatic heterocycles. The second-order valence-corrected chi connectivity index (χ2v) is 3.66. The standard InChI is InChI=1S/C9H11BrN2O/c1-5-7(9(13)12-2)3-6(10)4-8(5)11/h3-4H,11H2,1-2H3,(H,12,13). The van der Waals surface area contributed by atoms with Crippen LogP contribution in [0.1, 0.15) is 15.9 Å². The summed E-state index contributed by atoms with van der Waals surface area (Å²) in [6, 6.07) is 3.53. The van der Waals surface area contributed by atoms with Gasteiger partial charge in [0.05, 0.1) is 0 Å². The van der Waals surface area contributed by atoms with E-state index in [1.807, 2.05) is 6.92 Å². The molecule has 0 aromatic heterocycles. The lowest BCUT2D eigenvalue weighted by Crippen LogP contribution is -2.19. The van der Waals surface area contributed by atoms with Crippen molar-refractivity contribution in [1.82, 2.24) is 5.32 Å². The molecular formula is C9H11BrN2O. The summed E-state index contributed by atoms with van der Waals surface area (Å²) in [7, 11) is 1.60. The van der Waals surface area contributed by atoms with Crippen molar-refractivity contribution in [2.75, 3.05) is 12.8 Å². The molecule has 0 radical (unpaired) electrons. The van der Waals surface area contributed by atoms with Crippen LogP contribution in [0, 0.1) is 6.92 Å². The number of carbonyl (C=O) groups excluding carboxylic acids is 1. The summed E-state index contributed by atoms with van der Waals surface area (Å²) in [6.45, 7) is 1.83. The lowest BCUT2D eigenvalue weighted by Gasteiger charge is -2.07. The van der Waals surface area contributed by atoms with Crippen LogP contribution < -0.4 is 11.1 Å². The van der Waals surface area contributed by atoms with E-state index in [1.54, 1.807) is 19.2 Å². The Bertz CT molecular complexity index is 350. The molecule has 3 N–H and O–H groups in total. The number of hydrogen-bond acceptors (Lipinski definition) is 2. The summed E-state index contributed by atoms with van der Waals surface area (Å²) in [6.07, 6.45) is 0. The number of hydrogen-bond donors (Lipinski definition) is 2. The van der Waals surface area contributed by atoms with Gasteiger partial charge >= 0.3 is 0 Å². The molecule has 0 saturated heterocycles. The molecule has 0 aliphatic rings. The van der Waals surface area contributed by atoms with E-state index in [0.717, 1.165) is 10.0 Å². The Hall–Kier alpha value is -1.03. The van der Waals surface area contributed by atoms with Gasteiger partial charge in [-0.05, 0) is 24.6 Å². The maximum atomic E-state index is 11.4. The highest BCUT2D eigenvalue weighted by Crippen LogP contribution is 2.22. The van der Waals surface area contributed by atoms with Gasteiger partial charge in [0.1, 0.15) is 0 Å². The molecule has 1 rings (SSSR count). The Morgan fingerprint density at radius 3 is 2.69 bits per heavy atom. The molecule has 3 nitrogen and oxygen atoms in total. The van der Waals surface area contributed by atoms with Crippen LogP contribution in [0.4, 0.5) is 5.69 Å². The zero-order chi connectivity index (χ0) is 10.0. The summed E-state index contributed by atoms with van der Waals surface area (Å²) in [5, 5.41) is 2.56. The van der Waals surface area contributed by atoms with E-state index < -0.39 is 0 Å². The maximum absolute atomic E-state index is 11.4. The number of rotatable bonds is 1. The smallest absolute Gasteiger partial charge is 0.251 e. The fourth-order valence-corrected chi connectivity index (χ4v) is 1.55. The van der Waals surface area contributed by atoms with E-state index in [4.69, 9.17) is 5.73 Å². The van der Waals surface area contributed by atoms with Gasteiger partial charge in [-0.25, -0.2) is 0 Å². The minimum Gasteiger partial charge on any atom is -0.398 e. The molecule has 0 aliphatic carbocycles. The number of carbonyl (C=O) groups is 1. The molecule has 0 bridgehead atoms. The van der Waals surface area contributed by atoms with Crippen molar-refractivity contribution in [3.05, 3.63) is 27.7 Å². The topological polar surface area (TPSA) is 55.1 Å². The quantitative estimate of drug-likeness (QED) is 0.737. The monoisotopic (exact) mass is 242 g/mol. The Labute approximate surface area is 85.4 Å². The van der Waals surface area contributed by atoms with Crippen LogP contribution in [0.25, 0.3) is 0 Å². The van der Waals surface area contributed by atoms with Gasteiger partial charge < -0.3 is 11.1 Å². The predicted molar refractivity (Wildman–Crippen MR) is 56.7 cm³/mol. The number of anilines is 1. The molecule has 0 saturated carbocycles. The number of nitrogen functional groups attached to an aromatic ring is 1. The van der Waals surface area contributed by atoms with Gasteiger partial charge in [-0.1, -0.05) is 15.9 Å². The number of halogens is 1. The lowest BCUT2D eigenvalue weighted by atomic mass is 10.1. The second kappa shape index (κ2) is 3.79. The summed E-state index contributed by atoms with van der Waals surface area (Å²) >= 11 is 3.28. The minimum absolute atomic E-state index is 0.120. The maximum Gasteiger partial charge on any atom is 0.251 e. The molecule has 1 aromatic rings. The van der Waals surface area contributed by atoms with Gasteiger partial charge in [-0.3, -0.25) is 4.79 Å². The SMILES string of the molecule is CNC(=O)c1cc(Br)cc(N)c1C. The summed E-state index contributed by atoms with van der Waals surface area (Å²) in [5.74, 6) is -0.120. The minimum atomic E-state index is -0.120. The summed E-state index contributed by atoms with van der Waals surface area (Å²) in [4.78, 5) is 11.4. The molecule has 0 spiro atoms. The number of amides is 1. The number of nitrogens with two attached hydrogens (primary N) is 1. The first-order valence-corrected chi connectivity index (χ1v) is 4.63. The van der Waals surface area contributed by atoms with E-state index in [2.05, 4.69) is 21.2 Å². The van der Waals surface area contributed by atoms with Crippen LogP contribution >= 0.6 is 15.9 Å². The fraction of sp³-hybridized carbons (Fsp3) is 0.222. The molecule has 0 fully saturated rings. The lowest BCUT2D eigenvalue weighted by molar-refractivity contribution is 0.0962. The third-order valence-electron chi connectivity index (χ3n) is 1.88. The normalized spacial score (nSPS) is 9.77. The first-order chi connectivity index (χ1) is 6.06. The Balaban J connectivity index is 3.28. The fourth-order valence-electron chi connectivity index (χ4n) is 1.07. The van der Waals surface area contributed by atoms with E-state index in [9.17, 15) is 4.79 Å². The van der Waals surface area contributed by atoms with Crippen LogP contribution in [0.2, 0.25) is 0 Å². The highest BCUT2D eigenvalue weighted by molar-refractivity contribution is 9.10. The van der Waals surface area contributed by atoms with Crippen molar-refractivity contribution in [3.8, 4) is 0 Å². The Kier molecular flexibility index (Phi) is 2.93. The van der Waals surface area contributed by atoms with Gasteiger partial charge in [0, 0.05) is 22.8 Å². The molecule has 0 unspecified atom stereocenters. The Morgan fingerprint density at radius 1 is 1.54 bits per heavy atom. The number of nitrogens with one attached hydrogen (secondary N) is 1. The largest absolute Gasteiger partial charge is 0.398 e. The molecule has 70 valence electrons. The van der Waals surface area contributed by atoms with Crippen molar-refractivity contribution < 1.29 is 4.79 Å². The van der Waals surface area contributed by atoms with Crippen molar-refractivity contribution in [2.24, 2.45) is 0 Å². The first-order valence-electron chi connectivity index (χ1n) is 3.84. The van der Waals surface area contributed by atoms with Crippen LogP contribution in [-0.4, -0.2) is 13.0 Å². The molecule has 4 heteroatoms. The zero-order valence-electron chi connectivity index (χ0n) is 7.52. The second-order valence-electron chi connectivity index (χ2n) is 2.75. The molecule has 1 amide bonds. The van der Waals surface area contributed by atoms with Gasteiger partial charge in [-0.2, -0.15) is 0 Å². The average molecular weight is 243 g/mol. The van der Waals surface area contributed by atoms with E-state index in [-0.39, 0.29) is 5.91 Å². The molecule has 0 atom stereocenters. The Morgan fingerprint density at radius 2 is 2.15 bits per heavy atom. The third-order valence-corrected chi connectivity index (χ3v) is 2.34. The van der Waals surface area contributed by atoms with Crippen molar-refractivity contribution in [1.29, 1.82) is 0 Å². The van der Waals surface area contributed by atoms with Crippen LogP contribution in [0.5, 0.6) is 0 Å². The van der Waals surface area contributed by atoms with E-state index in [1.165, 1.54) is 0 Å². The van der Waals surface area contributed by atoms with E-state index in [0.29, 0.717) is 11.3 Å². The zero-order valence-corrected chi connectivity index (χ0v) is 9.10. The van der Waals surface area contributed by atoms with Gasteiger partial charge in [0.25, 0.3) is 5.91 Å². The average Bonchev–Trinajstić information content (AvgIpc) is 2.10. The van der Waals surface area contributed by atoms with Crippen molar-refractivity contribution in [2.45, 2.75) is 6.92 Å². The van der Waals surface area contributed by atoms with Crippen LogP contribution in [0.15, 0.2) is 16.6 Å². The predicted octanol–water partition coefficient (Wildman–Crippen LogP) is 1.70. The summed E-state index contributed by atoms with van der Waals surface area (Å²) in [5.41, 5.74) is 7.74. The van der Waals surface area contributed by atoms with Crippen LogP contribution in [-0.2, 0) is 0 Å². The van der Waals surface area contributed by atoms with Crippen molar-refractivity contribution in [3.63, 3.8) is 0 Å². The first kappa shape index (κ1) is 10.1.